The summed E-state index contributed by atoms with van der Waals surface area (Å²) in [6.07, 6.45) is 1.43. The van der Waals surface area contributed by atoms with E-state index in [-0.39, 0.29) is 23.6 Å². The lowest BCUT2D eigenvalue weighted by Gasteiger charge is -2.25. The molecule has 1 aliphatic heterocycles. The standard InChI is InChI=1S/C31H23ClF2N4O3/c1-18-6-8-19(9-7-18)25-16-24(37-38(25)30(40)31(33,34)17-26-35-14-15-41-26)28-27(20-10-12-21(32)13-11-20)22-4-2-3-5-23(22)36-29(28)39/h2-15,25H,16-17H2,1H3,(H,36,39). The fourth-order valence-corrected chi connectivity index (χ4v) is 5.23. The third-order valence-electron chi connectivity index (χ3n) is 7.09. The van der Waals surface area contributed by atoms with Crippen LogP contribution in [0.4, 0.5) is 8.78 Å². The van der Waals surface area contributed by atoms with Crippen LogP contribution in [0.25, 0.3) is 22.0 Å². The fraction of sp³-hybridized carbons (Fsp3) is 0.161. The highest BCUT2D eigenvalue weighted by molar-refractivity contribution is 6.30. The Labute approximate surface area is 238 Å². The van der Waals surface area contributed by atoms with Crippen molar-refractivity contribution in [3.8, 4) is 11.1 Å². The summed E-state index contributed by atoms with van der Waals surface area (Å²) < 4.78 is 35.7. The van der Waals surface area contributed by atoms with Crippen LogP contribution < -0.4 is 5.56 Å². The first-order valence-electron chi connectivity index (χ1n) is 12.9. The van der Waals surface area contributed by atoms with Gasteiger partial charge in [0.05, 0.1) is 29.9 Å². The van der Waals surface area contributed by atoms with Gasteiger partial charge in [0.15, 0.2) is 0 Å². The summed E-state index contributed by atoms with van der Waals surface area (Å²) in [5.74, 6) is -5.64. The topological polar surface area (TPSA) is 91.6 Å². The normalized spacial score (nSPS) is 15.4. The molecule has 1 N–H and O–H groups in total. The predicted octanol–water partition coefficient (Wildman–Crippen LogP) is 6.70. The molecule has 0 fully saturated rings. The molecule has 3 aromatic carbocycles. The van der Waals surface area contributed by atoms with Crippen molar-refractivity contribution in [3.05, 3.63) is 123 Å². The van der Waals surface area contributed by atoms with Crippen LogP contribution in [-0.4, -0.2) is 32.5 Å². The molecule has 41 heavy (non-hydrogen) atoms. The quantitative estimate of drug-likeness (QED) is 0.245. The first-order chi connectivity index (χ1) is 19.7. The van der Waals surface area contributed by atoms with Crippen molar-refractivity contribution in [2.45, 2.75) is 31.7 Å². The maximum atomic E-state index is 15.3. The number of carbonyl (C=O) groups excluding carboxylic acids is 1. The average Bonchev–Trinajstić information content (AvgIpc) is 3.63. The summed E-state index contributed by atoms with van der Waals surface area (Å²) in [5, 5.41) is 6.48. The fourth-order valence-electron chi connectivity index (χ4n) is 5.11. The third kappa shape index (κ3) is 5.04. The van der Waals surface area contributed by atoms with E-state index in [4.69, 9.17) is 16.0 Å². The Morgan fingerprint density at radius 3 is 2.51 bits per heavy atom. The molecule has 1 unspecified atom stereocenters. The number of aromatic amines is 1. The lowest BCUT2D eigenvalue weighted by Crippen LogP contribution is -2.42. The molecule has 206 valence electrons. The number of amides is 1. The first kappa shape index (κ1) is 26.6. The van der Waals surface area contributed by atoms with E-state index < -0.39 is 29.9 Å². The Morgan fingerprint density at radius 2 is 1.80 bits per heavy atom. The molecule has 2 aromatic heterocycles. The van der Waals surface area contributed by atoms with Gasteiger partial charge in [-0.25, -0.2) is 9.99 Å². The second kappa shape index (κ2) is 10.4. The van der Waals surface area contributed by atoms with Gasteiger partial charge in [-0.2, -0.15) is 13.9 Å². The van der Waals surface area contributed by atoms with Crippen molar-refractivity contribution in [3.63, 3.8) is 0 Å². The zero-order valence-electron chi connectivity index (χ0n) is 21.8. The van der Waals surface area contributed by atoms with Gasteiger partial charge in [-0.1, -0.05) is 71.8 Å². The number of hydrogen-bond donors (Lipinski definition) is 1. The van der Waals surface area contributed by atoms with Crippen LogP contribution in [0, 0.1) is 6.92 Å². The lowest BCUT2D eigenvalue weighted by molar-refractivity contribution is -0.159. The molecule has 5 aromatic rings. The van der Waals surface area contributed by atoms with E-state index in [2.05, 4.69) is 15.1 Å². The minimum Gasteiger partial charge on any atom is -0.449 e. The van der Waals surface area contributed by atoms with Crippen molar-refractivity contribution in [1.82, 2.24) is 15.0 Å². The maximum absolute atomic E-state index is 15.3. The molecule has 1 atom stereocenters. The summed E-state index contributed by atoms with van der Waals surface area (Å²) in [4.78, 5) is 33.7. The van der Waals surface area contributed by atoms with E-state index in [9.17, 15) is 9.59 Å². The number of fused-ring (bicyclic) bond motifs is 1. The molecule has 10 heteroatoms. The van der Waals surface area contributed by atoms with Crippen LogP contribution in [0.5, 0.6) is 0 Å². The number of hydrazone groups is 1. The van der Waals surface area contributed by atoms with Crippen molar-refractivity contribution in [2.24, 2.45) is 5.10 Å². The molecule has 0 saturated heterocycles. The smallest absolute Gasteiger partial charge is 0.335 e. The Kier molecular flexibility index (Phi) is 6.75. The number of H-pyrrole nitrogens is 1. The zero-order chi connectivity index (χ0) is 28.7. The Bertz CT molecular complexity index is 1830. The van der Waals surface area contributed by atoms with Gasteiger partial charge in [0.1, 0.15) is 6.26 Å². The molecule has 0 bridgehead atoms. The van der Waals surface area contributed by atoms with Gasteiger partial charge in [0.25, 0.3) is 5.56 Å². The molecule has 0 aliphatic carbocycles. The van der Waals surface area contributed by atoms with Gasteiger partial charge in [-0.3, -0.25) is 9.59 Å². The van der Waals surface area contributed by atoms with Crippen molar-refractivity contribution in [1.29, 1.82) is 0 Å². The Balaban J connectivity index is 1.52. The molecule has 1 amide bonds. The van der Waals surface area contributed by atoms with E-state index in [1.165, 1.54) is 12.5 Å². The number of benzene rings is 3. The predicted molar refractivity (Wildman–Crippen MR) is 152 cm³/mol. The number of pyridine rings is 1. The molecule has 6 rings (SSSR count). The third-order valence-corrected chi connectivity index (χ3v) is 7.35. The van der Waals surface area contributed by atoms with E-state index in [1.54, 1.807) is 48.5 Å². The SMILES string of the molecule is Cc1ccc(C2CC(c3c(-c4ccc(Cl)cc4)c4ccccc4[nH]c3=O)=NN2C(=O)C(F)(F)Cc2ncco2)cc1. The van der Waals surface area contributed by atoms with Gasteiger partial charge in [-0.05, 0) is 36.2 Å². The average molecular weight is 573 g/mol. The molecule has 0 radical (unpaired) electrons. The largest absolute Gasteiger partial charge is 0.449 e. The van der Waals surface area contributed by atoms with Crippen molar-refractivity contribution >= 4 is 34.1 Å². The highest BCUT2D eigenvalue weighted by Gasteiger charge is 2.48. The van der Waals surface area contributed by atoms with E-state index >= 15 is 8.78 Å². The van der Waals surface area contributed by atoms with E-state index in [1.807, 2.05) is 31.2 Å². The van der Waals surface area contributed by atoms with Gasteiger partial charge in [0, 0.05) is 27.9 Å². The second-order valence-electron chi connectivity index (χ2n) is 9.89. The Morgan fingerprint density at radius 1 is 1.07 bits per heavy atom. The van der Waals surface area contributed by atoms with Crippen LogP contribution in [0.2, 0.25) is 5.02 Å². The minimum absolute atomic E-state index is 0.0475. The van der Waals surface area contributed by atoms with Crippen molar-refractivity contribution < 1.29 is 18.0 Å². The summed E-state index contributed by atoms with van der Waals surface area (Å²) in [6, 6.07) is 20.6. The summed E-state index contributed by atoms with van der Waals surface area (Å²) in [6.45, 7) is 1.90. The molecule has 1 aliphatic rings. The highest BCUT2D eigenvalue weighted by Crippen LogP contribution is 2.39. The number of halogens is 3. The van der Waals surface area contributed by atoms with E-state index in [0.717, 1.165) is 16.0 Å². The number of oxazole rings is 1. The molecular formula is C31H23ClF2N4O3. The summed E-state index contributed by atoms with van der Waals surface area (Å²) >= 11 is 6.14. The molecular weight excluding hydrogens is 550 g/mol. The van der Waals surface area contributed by atoms with Crippen LogP contribution in [-0.2, 0) is 11.2 Å². The van der Waals surface area contributed by atoms with Gasteiger partial charge in [0.2, 0.25) is 5.89 Å². The molecule has 0 saturated carbocycles. The molecule has 0 spiro atoms. The number of rotatable bonds is 6. The number of hydrogen-bond acceptors (Lipinski definition) is 5. The maximum Gasteiger partial charge on any atom is 0.335 e. The number of aromatic nitrogens is 2. The first-order valence-corrected chi connectivity index (χ1v) is 13.2. The number of nitrogens with zero attached hydrogens (tertiary/aromatic N) is 3. The van der Waals surface area contributed by atoms with Crippen LogP contribution >= 0.6 is 11.6 Å². The zero-order valence-corrected chi connectivity index (χ0v) is 22.5. The van der Waals surface area contributed by atoms with Crippen LogP contribution in [0.1, 0.15) is 35.0 Å². The van der Waals surface area contributed by atoms with Crippen LogP contribution in [0.15, 0.2) is 99.6 Å². The Hall–Kier alpha value is -4.63. The molecule has 3 heterocycles. The van der Waals surface area contributed by atoms with Crippen LogP contribution in [0.3, 0.4) is 0 Å². The van der Waals surface area contributed by atoms with Gasteiger partial charge in [-0.15, -0.1) is 0 Å². The summed E-state index contributed by atoms with van der Waals surface area (Å²) in [5.41, 5.74) is 3.42. The second-order valence-corrected chi connectivity index (χ2v) is 10.3. The molecule has 7 nitrogen and oxygen atoms in total. The van der Waals surface area contributed by atoms with Crippen molar-refractivity contribution in [2.75, 3.05) is 0 Å². The van der Waals surface area contributed by atoms with Gasteiger partial charge >= 0.3 is 11.8 Å². The number of carbonyl (C=O) groups is 1. The van der Waals surface area contributed by atoms with Gasteiger partial charge < -0.3 is 9.40 Å². The monoisotopic (exact) mass is 572 g/mol. The lowest BCUT2D eigenvalue weighted by atomic mass is 9.91. The number of nitrogens with one attached hydrogen (secondary N) is 1. The highest BCUT2D eigenvalue weighted by atomic mass is 35.5. The minimum atomic E-state index is -3.86. The number of aryl methyl sites for hydroxylation is 1. The summed E-state index contributed by atoms with van der Waals surface area (Å²) in [7, 11) is 0. The number of para-hydroxylation sites is 1. The number of alkyl halides is 2. The van der Waals surface area contributed by atoms with E-state index in [0.29, 0.717) is 27.2 Å².